The van der Waals surface area contributed by atoms with Crippen LogP contribution in [0.25, 0.3) is 11.1 Å². The highest BCUT2D eigenvalue weighted by Gasteiger charge is 2.40. The summed E-state index contributed by atoms with van der Waals surface area (Å²) in [4.78, 5) is 45.0. The fourth-order valence-corrected chi connectivity index (χ4v) is 6.35. The number of hydrogen-bond donors (Lipinski definition) is 0. The molecule has 2 atom stereocenters. The van der Waals surface area contributed by atoms with E-state index in [1.165, 1.54) is 0 Å². The molecule has 0 N–H and O–H groups in total. The van der Waals surface area contributed by atoms with Crippen molar-refractivity contribution < 1.29 is 19.1 Å². The highest BCUT2D eigenvalue weighted by molar-refractivity contribution is 5.98. The third kappa shape index (κ3) is 7.25. The van der Waals surface area contributed by atoms with Gasteiger partial charge in [0.25, 0.3) is 11.5 Å². The van der Waals surface area contributed by atoms with Crippen LogP contribution in [0.2, 0.25) is 0 Å². The third-order valence-corrected chi connectivity index (χ3v) is 9.06. The van der Waals surface area contributed by atoms with E-state index in [1.807, 2.05) is 64.8 Å². The van der Waals surface area contributed by atoms with Gasteiger partial charge >= 0.3 is 0 Å². The quantitative estimate of drug-likeness (QED) is 0.342. The normalized spacial score (nSPS) is 19.4. The molecule has 4 rings (SSSR count). The lowest BCUT2D eigenvalue weighted by Gasteiger charge is -2.36. The number of allylic oxidation sites excluding steroid dienone is 1. The number of nitrogens with zero attached hydrogens (tertiary/aromatic N) is 5. The van der Waals surface area contributed by atoms with Crippen molar-refractivity contribution in [1.29, 1.82) is 5.26 Å². The molecule has 0 unspecified atom stereocenters. The van der Waals surface area contributed by atoms with E-state index in [9.17, 15) is 19.6 Å². The van der Waals surface area contributed by atoms with Crippen molar-refractivity contribution in [3.8, 4) is 28.7 Å². The van der Waals surface area contributed by atoms with E-state index in [-0.39, 0.29) is 40.2 Å². The number of ether oxygens (including phenoxy) is 2. The number of methoxy groups -OCH3 is 2. The zero-order valence-corrected chi connectivity index (χ0v) is 28.2. The van der Waals surface area contributed by atoms with Gasteiger partial charge in [0, 0.05) is 70.2 Å². The number of benzene rings is 1. The molecule has 0 aliphatic carbocycles. The SMILES string of the molecule is COc1cc(-c2cn(C)c(=O)c(C)c2C)cc(OC)c1CN1CCN(C(=O)[C@H]2CN(C(=O)/C(C#N)=C/C(C)(C)C)C[C@@H]2C)CC1. The van der Waals surface area contributed by atoms with Crippen molar-refractivity contribution in [2.45, 2.75) is 48.1 Å². The van der Waals surface area contributed by atoms with Crippen LogP contribution in [0.3, 0.4) is 0 Å². The molecule has 242 valence electrons. The first-order valence-corrected chi connectivity index (χ1v) is 15.5. The highest BCUT2D eigenvalue weighted by atomic mass is 16.5. The third-order valence-electron chi connectivity index (χ3n) is 9.06. The van der Waals surface area contributed by atoms with Crippen LogP contribution in [0.4, 0.5) is 0 Å². The Bertz CT molecular complexity index is 1560. The van der Waals surface area contributed by atoms with Gasteiger partial charge in [-0.05, 0) is 48.4 Å². The Morgan fingerprint density at radius 3 is 2.13 bits per heavy atom. The minimum absolute atomic E-state index is 0.0144. The Morgan fingerprint density at radius 2 is 1.60 bits per heavy atom. The number of rotatable bonds is 7. The van der Waals surface area contributed by atoms with Crippen molar-refractivity contribution in [2.75, 3.05) is 53.5 Å². The van der Waals surface area contributed by atoms with E-state index in [4.69, 9.17) is 9.47 Å². The highest BCUT2D eigenvalue weighted by Crippen LogP contribution is 2.37. The number of hydrogen-bond acceptors (Lipinski definition) is 7. The fraction of sp³-hybridized carbons (Fsp3) is 0.543. The molecule has 0 spiro atoms. The lowest BCUT2D eigenvalue weighted by molar-refractivity contribution is -0.138. The number of piperazine rings is 1. The Kier molecular flexibility index (Phi) is 10.1. The van der Waals surface area contributed by atoms with Crippen LogP contribution in [0.15, 0.2) is 34.8 Å². The minimum Gasteiger partial charge on any atom is -0.496 e. The van der Waals surface area contributed by atoms with E-state index < -0.39 is 0 Å². The summed E-state index contributed by atoms with van der Waals surface area (Å²) in [5.41, 5.74) is 4.24. The Morgan fingerprint density at radius 1 is 1.00 bits per heavy atom. The molecular weight excluding hydrogens is 570 g/mol. The first-order valence-electron chi connectivity index (χ1n) is 15.5. The van der Waals surface area contributed by atoms with Gasteiger partial charge in [-0.15, -0.1) is 0 Å². The summed E-state index contributed by atoms with van der Waals surface area (Å²) in [5.74, 6) is 0.909. The number of carbonyl (C=O) groups is 2. The molecule has 0 bridgehead atoms. The van der Waals surface area contributed by atoms with Gasteiger partial charge in [0.05, 0.1) is 25.7 Å². The van der Waals surface area contributed by atoms with Gasteiger partial charge in [0.1, 0.15) is 23.1 Å². The number of carbonyl (C=O) groups excluding carboxylic acids is 2. The average molecular weight is 618 g/mol. The van der Waals surface area contributed by atoms with Crippen molar-refractivity contribution >= 4 is 11.8 Å². The molecular formula is C35H47N5O5. The number of aromatic nitrogens is 1. The summed E-state index contributed by atoms with van der Waals surface area (Å²) in [6.45, 7) is 15.6. The first-order chi connectivity index (χ1) is 21.2. The van der Waals surface area contributed by atoms with Crippen LogP contribution >= 0.6 is 0 Å². The molecule has 2 aliphatic heterocycles. The van der Waals surface area contributed by atoms with Gasteiger partial charge in [-0.3, -0.25) is 19.3 Å². The molecule has 1 aromatic heterocycles. The molecule has 10 heteroatoms. The molecule has 1 aromatic carbocycles. The Balaban J connectivity index is 1.44. The molecule has 2 saturated heterocycles. The van der Waals surface area contributed by atoms with Crippen LogP contribution in [-0.2, 0) is 23.2 Å². The monoisotopic (exact) mass is 617 g/mol. The molecule has 3 heterocycles. The summed E-state index contributed by atoms with van der Waals surface area (Å²) >= 11 is 0. The van der Waals surface area contributed by atoms with Crippen LogP contribution in [0, 0.1) is 42.4 Å². The molecule has 2 fully saturated rings. The second-order valence-corrected chi connectivity index (χ2v) is 13.5. The number of amides is 2. The predicted molar refractivity (Wildman–Crippen MR) is 174 cm³/mol. The van der Waals surface area contributed by atoms with E-state index in [2.05, 4.69) is 11.0 Å². The van der Waals surface area contributed by atoms with Crippen LogP contribution in [0.5, 0.6) is 11.5 Å². The van der Waals surface area contributed by atoms with Gasteiger partial charge in [-0.1, -0.05) is 33.8 Å². The number of pyridine rings is 1. The fourth-order valence-electron chi connectivity index (χ4n) is 6.35. The standard InChI is InChI=1S/C35H47N5O5/c1-22-18-40(33(42)26(17-36)16-35(4,5)6)21-27(22)34(43)39-12-10-38(11-13-39)20-29-30(44-8)14-25(15-31(29)45-9)28-19-37(7)32(41)24(3)23(28)2/h14-16,19,22,27H,10-13,18,20-21H2,1-9H3/b26-16+/t22-,27-/m0/s1. The smallest absolute Gasteiger partial charge is 0.264 e. The summed E-state index contributed by atoms with van der Waals surface area (Å²) in [6.07, 6.45) is 3.55. The van der Waals surface area contributed by atoms with E-state index in [0.29, 0.717) is 62.9 Å². The lowest BCUT2D eigenvalue weighted by Crippen LogP contribution is -2.51. The maximum absolute atomic E-state index is 13.6. The molecule has 2 amide bonds. The van der Waals surface area contributed by atoms with Crippen molar-refractivity contribution in [1.82, 2.24) is 19.3 Å². The second kappa shape index (κ2) is 13.5. The van der Waals surface area contributed by atoms with Crippen LogP contribution < -0.4 is 15.0 Å². The number of likely N-dealkylation sites (tertiary alicyclic amines) is 1. The minimum atomic E-state index is -0.296. The number of nitriles is 1. The second-order valence-electron chi connectivity index (χ2n) is 13.5. The Labute approximate surface area is 266 Å². The van der Waals surface area contributed by atoms with Crippen LogP contribution in [0.1, 0.15) is 44.4 Å². The maximum Gasteiger partial charge on any atom is 0.264 e. The van der Waals surface area contributed by atoms with Gasteiger partial charge in [0.15, 0.2) is 0 Å². The van der Waals surface area contributed by atoms with Crippen LogP contribution in [-0.4, -0.2) is 84.6 Å². The lowest BCUT2D eigenvalue weighted by atomic mass is 9.93. The van der Waals surface area contributed by atoms with E-state index >= 15 is 0 Å². The van der Waals surface area contributed by atoms with Gasteiger partial charge in [-0.25, -0.2) is 0 Å². The van der Waals surface area contributed by atoms with Gasteiger partial charge in [0.2, 0.25) is 5.91 Å². The van der Waals surface area contributed by atoms with Gasteiger partial charge in [-0.2, -0.15) is 5.26 Å². The maximum atomic E-state index is 13.6. The average Bonchev–Trinajstić information content (AvgIpc) is 3.41. The predicted octanol–water partition coefficient (Wildman–Crippen LogP) is 3.92. The zero-order chi connectivity index (χ0) is 33.2. The van der Waals surface area contributed by atoms with E-state index in [0.717, 1.165) is 22.3 Å². The first kappa shape index (κ1) is 33.8. The number of aryl methyl sites for hydroxylation is 1. The molecule has 45 heavy (non-hydrogen) atoms. The largest absolute Gasteiger partial charge is 0.496 e. The molecule has 0 radical (unpaired) electrons. The van der Waals surface area contributed by atoms with Crippen molar-refractivity contribution in [3.63, 3.8) is 0 Å². The molecule has 0 saturated carbocycles. The van der Waals surface area contributed by atoms with Gasteiger partial charge < -0.3 is 23.8 Å². The summed E-state index contributed by atoms with van der Waals surface area (Å²) in [5, 5.41) is 9.59. The Hall–Kier alpha value is -4.10. The van der Waals surface area contributed by atoms with Crippen molar-refractivity contribution in [2.24, 2.45) is 24.3 Å². The van der Waals surface area contributed by atoms with Crippen molar-refractivity contribution in [3.05, 3.63) is 57.0 Å². The van der Waals surface area contributed by atoms with E-state index in [1.54, 1.807) is 36.8 Å². The summed E-state index contributed by atoms with van der Waals surface area (Å²) < 4.78 is 13.3. The molecule has 2 aliphatic rings. The summed E-state index contributed by atoms with van der Waals surface area (Å²) in [7, 11) is 5.05. The summed E-state index contributed by atoms with van der Waals surface area (Å²) in [6, 6.07) is 6.04. The molecule has 10 nitrogen and oxygen atoms in total. The molecule has 2 aromatic rings. The zero-order valence-electron chi connectivity index (χ0n) is 28.2. The topological polar surface area (TPSA) is 108 Å².